The Kier molecular flexibility index (Phi) is 21.8. The number of esters is 2. The summed E-state index contributed by atoms with van der Waals surface area (Å²) in [6, 6.07) is 19.8. The number of thiazole rings is 2. The minimum absolute atomic E-state index is 0.0320. The van der Waals surface area contributed by atoms with Crippen LogP contribution in [0.25, 0.3) is 0 Å². The summed E-state index contributed by atoms with van der Waals surface area (Å²) in [6.45, 7) is 3.84. The number of ether oxygens (including phenoxy) is 4. The summed E-state index contributed by atoms with van der Waals surface area (Å²) in [6.07, 6.45) is 4.19. The molecule has 0 spiro atoms. The molecule has 6 aromatic rings. The number of urea groups is 2. The Labute approximate surface area is 569 Å². The van der Waals surface area contributed by atoms with E-state index in [0.29, 0.717) is 110 Å². The van der Waals surface area contributed by atoms with Gasteiger partial charge in [-0.2, -0.15) is 0 Å². The molecule has 504 valence electrons. The molecule has 6 aliphatic rings. The van der Waals surface area contributed by atoms with Gasteiger partial charge in [-0.15, -0.1) is 22.7 Å². The van der Waals surface area contributed by atoms with E-state index in [1.807, 2.05) is 69.1 Å². The first-order valence-electron chi connectivity index (χ1n) is 30.6. The molecule has 30 heteroatoms. The van der Waals surface area contributed by atoms with Crippen LogP contribution in [0.2, 0.25) is 10.0 Å². The minimum atomic E-state index is -0.898. The molecule has 8 heterocycles. The summed E-state index contributed by atoms with van der Waals surface area (Å²) in [7, 11) is 5.80. The lowest BCUT2D eigenvalue weighted by molar-refractivity contribution is -0.138. The highest BCUT2D eigenvalue weighted by Gasteiger charge is 2.50. The van der Waals surface area contributed by atoms with Gasteiger partial charge >= 0.3 is 35.9 Å². The SMILES string of the molecule is COC[C@@H]1[C@H]2CN(c3ccc(CCC(=O)O)cc3)C(=O)N2CCN1CC1=C(C(=O)OC)[C@H](c2ccc(F)cc2Cl)N=C(c2nccs2)N1.COC[C@H]1[C@@H]2CN(c3ccc(CCC(=O)O)cc3)C(=O)N2CCN1CC1=C(C(=O)OC)[C@H](c2ccc(F)cc2Cl)N=C(c2nccs2)N1. The monoisotopic (exact) mass is 1390 g/mol. The van der Waals surface area contributed by atoms with Crippen molar-refractivity contribution in [3.63, 3.8) is 0 Å². The topological polar surface area (TPSA) is 274 Å². The maximum atomic E-state index is 14.1. The van der Waals surface area contributed by atoms with Crippen LogP contribution in [0, 0.1) is 11.6 Å². The number of aliphatic imine (C=N–C) groups is 2. The summed E-state index contributed by atoms with van der Waals surface area (Å²) < 4.78 is 50.0. The van der Waals surface area contributed by atoms with E-state index in [1.54, 1.807) is 36.4 Å². The molecule has 6 atom stereocenters. The maximum Gasteiger partial charge on any atom is 0.338 e. The quantitative estimate of drug-likeness (QED) is 0.0466. The Balaban J connectivity index is 0.000000195. The number of nitrogens with one attached hydrogen (secondary N) is 2. The fourth-order valence-corrected chi connectivity index (χ4v) is 14.6. The van der Waals surface area contributed by atoms with Crippen molar-refractivity contribution in [3.8, 4) is 0 Å². The molecule has 0 radical (unpaired) electrons. The maximum absolute atomic E-state index is 14.1. The Hall–Kier alpha value is -8.74. The largest absolute Gasteiger partial charge is 0.481 e. The van der Waals surface area contributed by atoms with Gasteiger partial charge in [0.1, 0.15) is 23.7 Å². The van der Waals surface area contributed by atoms with E-state index in [2.05, 4.69) is 30.4 Å². The van der Waals surface area contributed by atoms with Crippen molar-refractivity contribution in [2.75, 3.05) is 104 Å². The van der Waals surface area contributed by atoms with E-state index >= 15 is 0 Å². The first kappa shape index (κ1) is 68.6. The number of anilines is 2. The number of aryl methyl sites for hydroxylation is 2. The molecular formula is C66H68Cl2F2N12O12S2. The van der Waals surface area contributed by atoms with Crippen LogP contribution >= 0.6 is 45.9 Å². The van der Waals surface area contributed by atoms with E-state index in [4.69, 9.17) is 62.3 Å². The molecule has 4 aromatic carbocycles. The Morgan fingerprint density at radius 1 is 0.583 bits per heavy atom. The van der Waals surface area contributed by atoms with Gasteiger partial charge in [0.15, 0.2) is 21.7 Å². The number of benzene rings is 4. The zero-order chi connectivity index (χ0) is 67.9. The van der Waals surface area contributed by atoms with Gasteiger partial charge in [0.2, 0.25) is 0 Å². The van der Waals surface area contributed by atoms with Crippen LogP contribution in [0.15, 0.2) is 141 Å². The smallest absolute Gasteiger partial charge is 0.338 e. The molecule has 4 N–H and O–H groups in total. The van der Waals surface area contributed by atoms with E-state index < -0.39 is 47.6 Å². The number of carboxylic acid groups (broad SMARTS) is 2. The average molecular weight is 1390 g/mol. The molecule has 0 aliphatic carbocycles. The third-order valence-electron chi connectivity index (χ3n) is 17.6. The normalized spacial score (nSPS) is 21.2. The summed E-state index contributed by atoms with van der Waals surface area (Å²) in [5.74, 6) is -3.09. The third kappa shape index (κ3) is 14.9. The van der Waals surface area contributed by atoms with Crippen LogP contribution in [0.4, 0.5) is 29.7 Å². The van der Waals surface area contributed by atoms with E-state index in [9.17, 15) is 37.5 Å². The average Bonchev–Trinajstić information content (AvgIpc) is 1.50. The second-order valence-electron chi connectivity index (χ2n) is 23.2. The number of nitrogens with zero attached hydrogens (tertiary/aromatic N) is 10. The van der Waals surface area contributed by atoms with E-state index in [1.165, 1.54) is 73.3 Å². The Bertz CT molecular complexity index is 3760. The van der Waals surface area contributed by atoms with Crippen LogP contribution in [0.1, 0.15) is 57.2 Å². The number of halogens is 4. The number of rotatable bonds is 22. The number of amides is 4. The fourth-order valence-electron chi connectivity index (χ4n) is 12.9. The van der Waals surface area contributed by atoms with Gasteiger partial charge in [-0.25, -0.2) is 37.9 Å². The lowest BCUT2D eigenvalue weighted by Crippen LogP contribution is -2.61. The summed E-state index contributed by atoms with van der Waals surface area (Å²) in [4.78, 5) is 106. The number of methoxy groups -OCH3 is 4. The highest BCUT2D eigenvalue weighted by atomic mass is 35.5. The number of aromatic nitrogens is 2. The van der Waals surface area contributed by atoms with Gasteiger partial charge in [-0.1, -0.05) is 59.6 Å². The number of carbonyl (C=O) groups excluding carboxylic acids is 4. The first-order valence-corrected chi connectivity index (χ1v) is 33.1. The van der Waals surface area contributed by atoms with Gasteiger partial charge in [-0.05, 0) is 72.5 Å². The van der Waals surface area contributed by atoms with Crippen LogP contribution in [-0.4, -0.2) is 206 Å². The zero-order valence-corrected chi connectivity index (χ0v) is 55.7. The highest BCUT2D eigenvalue weighted by molar-refractivity contribution is 7.12. The van der Waals surface area contributed by atoms with Gasteiger partial charge in [-0.3, -0.25) is 39.2 Å². The number of fused-ring (bicyclic) bond motifs is 2. The molecule has 0 bridgehead atoms. The standard InChI is InChI=1S/2C33H34ClFN6O6S/c2*1-46-18-26-25-17-41(21-7-3-19(4-8-21)5-10-27(42)43)33(45)40(25)13-12-39(26)16-24-28(32(44)47-2)29(22-9-6-20(35)15-23(22)34)38-30(37-24)31-36-11-14-48-31/h2*3-4,6-9,11,14-15,25-26,29H,5,10,12-13,16-18H2,1-2H3,(H,37,38)(H,42,43)/t25-,26-,29+;25-,26-,29-/m10/s1. The molecular weight excluding hydrogens is 1330 g/mol. The van der Waals surface area contributed by atoms with Crippen molar-refractivity contribution in [2.45, 2.75) is 61.9 Å². The van der Waals surface area contributed by atoms with Crippen LogP contribution in [0.3, 0.4) is 0 Å². The summed E-state index contributed by atoms with van der Waals surface area (Å²) in [5.41, 5.74) is 5.61. The Morgan fingerprint density at radius 3 is 1.31 bits per heavy atom. The van der Waals surface area contributed by atoms with Crippen LogP contribution < -0.4 is 20.4 Å². The van der Waals surface area contributed by atoms with Crippen molar-refractivity contribution in [3.05, 3.63) is 185 Å². The van der Waals surface area contributed by atoms with Gasteiger partial charge < -0.3 is 49.6 Å². The summed E-state index contributed by atoms with van der Waals surface area (Å²) in [5, 5.41) is 29.8. The van der Waals surface area contributed by atoms with Crippen molar-refractivity contribution >= 4 is 105 Å². The van der Waals surface area contributed by atoms with Crippen molar-refractivity contribution in [1.29, 1.82) is 0 Å². The second kappa shape index (κ2) is 30.6. The third-order valence-corrected chi connectivity index (χ3v) is 19.8. The van der Waals surface area contributed by atoms with Crippen LogP contribution in [-0.2, 0) is 51.0 Å². The van der Waals surface area contributed by atoms with Crippen molar-refractivity contribution in [2.24, 2.45) is 9.98 Å². The minimum Gasteiger partial charge on any atom is -0.481 e. The van der Waals surface area contributed by atoms with Crippen LogP contribution in [0.5, 0.6) is 0 Å². The molecule has 4 saturated heterocycles. The molecule has 24 nitrogen and oxygen atoms in total. The lowest BCUT2D eigenvalue weighted by Gasteiger charge is -2.44. The van der Waals surface area contributed by atoms with Gasteiger partial charge in [0, 0.05) is 147 Å². The van der Waals surface area contributed by atoms with Crippen molar-refractivity contribution in [1.82, 2.24) is 40.2 Å². The number of hydrogen-bond acceptors (Lipinski definition) is 20. The lowest BCUT2D eigenvalue weighted by atomic mass is 9.94. The molecule has 6 aliphatic heterocycles. The molecule has 4 fully saturated rings. The molecule has 0 saturated carbocycles. The molecule has 4 amide bonds. The van der Waals surface area contributed by atoms with E-state index in [0.717, 1.165) is 22.5 Å². The van der Waals surface area contributed by atoms with Gasteiger partial charge in [0.25, 0.3) is 0 Å². The Morgan fingerprint density at radius 2 is 0.979 bits per heavy atom. The predicted molar refractivity (Wildman–Crippen MR) is 356 cm³/mol. The molecule has 0 unspecified atom stereocenters. The highest BCUT2D eigenvalue weighted by Crippen LogP contribution is 2.41. The summed E-state index contributed by atoms with van der Waals surface area (Å²) >= 11 is 15.8. The predicted octanol–water partition coefficient (Wildman–Crippen LogP) is 8.22. The van der Waals surface area contributed by atoms with E-state index in [-0.39, 0.29) is 83.4 Å². The van der Waals surface area contributed by atoms with Gasteiger partial charge in [0.05, 0.1) is 62.7 Å². The number of hydrogen-bond donors (Lipinski definition) is 4. The number of piperazine rings is 2. The number of carboxylic acids is 2. The first-order chi connectivity index (χ1) is 46.4. The second-order valence-corrected chi connectivity index (χ2v) is 25.8. The van der Waals surface area contributed by atoms with Crippen molar-refractivity contribution < 1.29 is 66.7 Å². The molecule has 12 rings (SSSR count). The number of aliphatic carboxylic acids is 2. The fraction of sp³-hybridized carbons (Fsp3) is 0.364. The number of amidine groups is 2. The molecule has 2 aromatic heterocycles. The molecule has 96 heavy (non-hydrogen) atoms. The zero-order valence-electron chi connectivity index (χ0n) is 52.5. The number of carbonyl (C=O) groups is 6.